The molecular weight excluding hydrogens is 206 g/mol. The maximum Gasteiger partial charge on any atom is 0.414 e. The van der Waals surface area contributed by atoms with E-state index in [0.29, 0.717) is 0 Å². The first-order valence-corrected chi connectivity index (χ1v) is 4.15. The maximum absolute atomic E-state index is 10.7. The van der Waals surface area contributed by atoms with Crippen molar-refractivity contribution in [1.82, 2.24) is 9.55 Å². The minimum absolute atomic E-state index is 0.0104. The van der Waals surface area contributed by atoms with E-state index in [1.54, 1.807) is 0 Å². The van der Waals surface area contributed by atoms with Crippen molar-refractivity contribution in [2.45, 2.75) is 6.54 Å². The first-order valence-electron chi connectivity index (χ1n) is 4.15. The van der Waals surface area contributed by atoms with Gasteiger partial charge in [0, 0.05) is 11.5 Å². The second-order valence-electron chi connectivity index (χ2n) is 3.14. The summed E-state index contributed by atoms with van der Waals surface area (Å²) < 4.78 is 6.33. The Bertz CT molecular complexity index is 426. The number of imidazole rings is 1. The van der Waals surface area contributed by atoms with Crippen LogP contribution in [0.15, 0.2) is 6.20 Å². The molecule has 1 aromatic rings. The number of ether oxygens (including phenoxy) is 1. The minimum Gasteiger partial charge on any atom is -0.481 e. The van der Waals surface area contributed by atoms with Crippen LogP contribution >= 0.6 is 0 Å². The van der Waals surface area contributed by atoms with Crippen molar-refractivity contribution < 1.29 is 19.6 Å². The van der Waals surface area contributed by atoms with Crippen molar-refractivity contribution in [3.63, 3.8) is 0 Å². The third-order valence-electron chi connectivity index (χ3n) is 2.09. The van der Waals surface area contributed by atoms with E-state index >= 15 is 0 Å². The normalized spacial score (nSPS) is 19.1. The minimum atomic E-state index is -0.989. The summed E-state index contributed by atoms with van der Waals surface area (Å²) in [6.07, 6.45) is 1.17. The van der Waals surface area contributed by atoms with E-state index in [1.165, 1.54) is 10.8 Å². The summed E-state index contributed by atoms with van der Waals surface area (Å²) in [6.45, 7) is 0.134. The van der Waals surface area contributed by atoms with Gasteiger partial charge in [0.25, 0.3) is 0 Å². The molecule has 0 amide bonds. The number of fused-ring (bicyclic) bond motifs is 1. The third-order valence-corrected chi connectivity index (χ3v) is 2.09. The monoisotopic (exact) mass is 213 g/mol. The smallest absolute Gasteiger partial charge is 0.414 e. The quantitative estimate of drug-likeness (QED) is 0.542. The Morgan fingerprint density at radius 1 is 1.80 bits per heavy atom. The SMILES string of the molecule is O=C(O)C1COc2nc([N+](=O)[O-])cn2C1. The topological polar surface area (TPSA) is 107 Å². The van der Waals surface area contributed by atoms with Gasteiger partial charge in [-0.1, -0.05) is 0 Å². The van der Waals surface area contributed by atoms with E-state index < -0.39 is 16.8 Å². The molecule has 8 heteroatoms. The van der Waals surface area contributed by atoms with Crippen LogP contribution < -0.4 is 4.74 Å². The molecule has 0 radical (unpaired) electrons. The van der Waals surface area contributed by atoms with Gasteiger partial charge in [0.1, 0.15) is 18.7 Å². The van der Waals surface area contributed by atoms with E-state index in [1.807, 2.05) is 0 Å². The van der Waals surface area contributed by atoms with Crippen molar-refractivity contribution in [3.05, 3.63) is 16.3 Å². The Morgan fingerprint density at radius 2 is 2.53 bits per heavy atom. The molecule has 1 unspecified atom stereocenters. The molecule has 80 valence electrons. The highest BCUT2D eigenvalue weighted by molar-refractivity contribution is 5.70. The van der Waals surface area contributed by atoms with Crippen molar-refractivity contribution in [2.24, 2.45) is 5.92 Å². The van der Waals surface area contributed by atoms with Gasteiger partial charge in [-0.05, 0) is 4.92 Å². The molecule has 1 N–H and O–H groups in total. The second-order valence-corrected chi connectivity index (χ2v) is 3.14. The zero-order chi connectivity index (χ0) is 11.0. The maximum atomic E-state index is 10.7. The van der Waals surface area contributed by atoms with Crippen LogP contribution in [-0.2, 0) is 11.3 Å². The highest BCUT2D eigenvalue weighted by Crippen LogP contribution is 2.23. The molecule has 0 saturated heterocycles. The average molecular weight is 213 g/mol. The van der Waals surface area contributed by atoms with Crippen molar-refractivity contribution in [1.29, 1.82) is 0 Å². The Labute approximate surface area is 83.2 Å². The van der Waals surface area contributed by atoms with E-state index in [2.05, 4.69) is 4.98 Å². The number of carbonyl (C=O) groups is 1. The van der Waals surface area contributed by atoms with Crippen LogP contribution in [0.5, 0.6) is 6.01 Å². The van der Waals surface area contributed by atoms with Gasteiger partial charge in [-0.2, -0.15) is 0 Å². The van der Waals surface area contributed by atoms with Gasteiger partial charge in [0.15, 0.2) is 0 Å². The summed E-state index contributed by atoms with van der Waals surface area (Å²) in [5.41, 5.74) is 0. The zero-order valence-electron chi connectivity index (χ0n) is 7.49. The molecule has 1 aromatic heterocycles. The summed E-state index contributed by atoms with van der Waals surface area (Å²) in [4.78, 5) is 24.0. The standard InChI is InChI=1S/C7H7N3O5/c11-6(12)4-1-9-2-5(10(13)14)8-7(9)15-3-4/h2,4H,1,3H2,(H,11,12). The van der Waals surface area contributed by atoms with Gasteiger partial charge < -0.3 is 20.0 Å². The van der Waals surface area contributed by atoms with Crippen molar-refractivity contribution >= 4 is 11.8 Å². The van der Waals surface area contributed by atoms with Gasteiger partial charge in [0.2, 0.25) is 0 Å². The van der Waals surface area contributed by atoms with Crippen LogP contribution in [0.3, 0.4) is 0 Å². The molecule has 1 aliphatic heterocycles. The summed E-state index contributed by atoms with van der Waals surface area (Å²) in [6, 6.07) is 0.0965. The molecule has 0 aromatic carbocycles. The predicted octanol–water partition coefficient (Wildman–Crippen LogP) is -0.116. The number of nitro groups is 1. The van der Waals surface area contributed by atoms with E-state index in [9.17, 15) is 14.9 Å². The van der Waals surface area contributed by atoms with Crippen LogP contribution in [0.25, 0.3) is 0 Å². The Morgan fingerprint density at radius 3 is 3.13 bits per heavy atom. The molecule has 2 rings (SSSR count). The van der Waals surface area contributed by atoms with Crippen LogP contribution in [-0.4, -0.2) is 32.2 Å². The first-order chi connectivity index (χ1) is 7.08. The lowest BCUT2D eigenvalue weighted by molar-refractivity contribution is -0.389. The lowest BCUT2D eigenvalue weighted by atomic mass is 10.1. The molecule has 1 aliphatic rings. The average Bonchev–Trinajstić information content (AvgIpc) is 2.59. The highest BCUT2D eigenvalue weighted by atomic mass is 16.6. The third kappa shape index (κ3) is 1.60. The Kier molecular flexibility index (Phi) is 2.03. The van der Waals surface area contributed by atoms with Gasteiger partial charge in [-0.3, -0.25) is 9.36 Å². The fraction of sp³-hybridized carbons (Fsp3) is 0.429. The van der Waals surface area contributed by atoms with Crippen molar-refractivity contribution in [3.8, 4) is 6.01 Å². The van der Waals surface area contributed by atoms with Crippen LogP contribution in [0.2, 0.25) is 0 Å². The molecule has 8 nitrogen and oxygen atoms in total. The number of rotatable bonds is 2. The first kappa shape index (κ1) is 9.44. The second kappa shape index (κ2) is 3.23. The summed E-state index contributed by atoms with van der Waals surface area (Å²) in [7, 11) is 0. The fourth-order valence-corrected chi connectivity index (χ4v) is 1.33. The van der Waals surface area contributed by atoms with Gasteiger partial charge in [0.05, 0.1) is 0 Å². The predicted molar refractivity (Wildman–Crippen MR) is 45.5 cm³/mol. The van der Waals surface area contributed by atoms with Crippen LogP contribution in [0, 0.1) is 16.0 Å². The summed E-state index contributed by atoms with van der Waals surface area (Å²) in [5.74, 6) is -2.01. The summed E-state index contributed by atoms with van der Waals surface area (Å²) >= 11 is 0. The number of nitrogens with zero attached hydrogens (tertiary/aromatic N) is 3. The molecule has 2 heterocycles. The van der Waals surface area contributed by atoms with Crippen molar-refractivity contribution in [2.75, 3.05) is 6.61 Å². The fourth-order valence-electron chi connectivity index (χ4n) is 1.33. The number of aliphatic carboxylic acids is 1. The molecule has 0 bridgehead atoms. The van der Waals surface area contributed by atoms with Gasteiger partial charge >= 0.3 is 17.8 Å². The molecule has 15 heavy (non-hydrogen) atoms. The van der Waals surface area contributed by atoms with Gasteiger partial charge in [-0.15, -0.1) is 0 Å². The molecule has 0 spiro atoms. The van der Waals surface area contributed by atoms with E-state index in [-0.39, 0.29) is 25.0 Å². The number of hydrogen-bond acceptors (Lipinski definition) is 5. The zero-order valence-corrected chi connectivity index (χ0v) is 7.49. The summed E-state index contributed by atoms with van der Waals surface area (Å²) in [5, 5.41) is 19.1. The number of hydrogen-bond donors (Lipinski definition) is 1. The molecule has 0 saturated carbocycles. The Balaban J connectivity index is 2.26. The number of carboxylic acid groups (broad SMARTS) is 1. The van der Waals surface area contributed by atoms with Crippen LogP contribution in [0.1, 0.15) is 0 Å². The highest BCUT2D eigenvalue weighted by Gasteiger charge is 2.31. The number of carboxylic acids is 1. The molecule has 0 fully saturated rings. The lowest BCUT2D eigenvalue weighted by Gasteiger charge is -2.17. The van der Waals surface area contributed by atoms with Gasteiger partial charge in [-0.25, -0.2) is 0 Å². The number of aromatic nitrogens is 2. The molecular formula is C7H7N3O5. The van der Waals surface area contributed by atoms with Crippen LogP contribution in [0.4, 0.5) is 5.82 Å². The lowest BCUT2D eigenvalue weighted by Crippen LogP contribution is -2.31. The van der Waals surface area contributed by atoms with E-state index in [0.717, 1.165) is 0 Å². The Hall–Kier alpha value is -2.12. The molecule has 1 atom stereocenters. The molecule has 0 aliphatic carbocycles. The largest absolute Gasteiger partial charge is 0.481 e. The van der Waals surface area contributed by atoms with E-state index in [4.69, 9.17) is 9.84 Å².